The van der Waals surface area contributed by atoms with E-state index in [1.54, 1.807) is 62.8 Å². The minimum Gasteiger partial charge on any atom is -0.497 e. The van der Waals surface area contributed by atoms with Crippen molar-refractivity contribution in [2.45, 2.75) is 6.18 Å². The van der Waals surface area contributed by atoms with Crippen LogP contribution in [0.2, 0.25) is 0 Å². The SMILES string of the molecule is COc1ccc(OC)c(-c2cccc(-c3cccc(NC(=O)c4ccc(C(F)(F)F)cc4F)c3)n2)c1. The molecule has 4 aromatic rings. The van der Waals surface area contributed by atoms with Crippen molar-refractivity contribution in [3.05, 3.63) is 95.8 Å². The Morgan fingerprint density at radius 3 is 2.31 bits per heavy atom. The maximum Gasteiger partial charge on any atom is 0.416 e. The van der Waals surface area contributed by atoms with Gasteiger partial charge in [0, 0.05) is 16.8 Å². The zero-order valence-electron chi connectivity index (χ0n) is 19.2. The fourth-order valence-corrected chi connectivity index (χ4v) is 3.59. The molecule has 5 nitrogen and oxygen atoms in total. The molecule has 0 saturated heterocycles. The third-order valence-electron chi connectivity index (χ3n) is 5.39. The molecule has 0 unspecified atom stereocenters. The van der Waals surface area contributed by atoms with Crippen molar-refractivity contribution >= 4 is 11.6 Å². The molecule has 0 aliphatic rings. The van der Waals surface area contributed by atoms with Gasteiger partial charge in [0.1, 0.15) is 17.3 Å². The van der Waals surface area contributed by atoms with E-state index in [2.05, 4.69) is 5.32 Å². The van der Waals surface area contributed by atoms with E-state index in [1.165, 1.54) is 0 Å². The molecule has 1 aromatic heterocycles. The first-order valence-electron chi connectivity index (χ1n) is 10.7. The molecule has 1 heterocycles. The van der Waals surface area contributed by atoms with Crippen LogP contribution in [-0.4, -0.2) is 25.1 Å². The van der Waals surface area contributed by atoms with Crippen molar-refractivity contribution in [3.63, 3.8) is 0 Å². The predicted octanol–water partition coefficient (Wildman–Crippen LogP) is 6.84. The highest BCUT2D eigenvalue weighted by Gasteiger charge is 2.31. The number of rotatable bonds is 6. The summed E-state index contributed by atoms with van der Waals surface area (Å²) in [5.74, 6) is -0.889. The maximum atomic E-state index is 14.2. The first-order chi connectivity index (χ1) is 17.2. The number of nitrogens with one attached hydrogen (secondary N) is 1. The number of benzene rings is 3. The molecule has 0 aliphatic heterocycles. The van der Waals surface area contributed by atoms with Crippen LogP contribution in [0.3, 0.4) is 0 Å². The number of nitrogens with zero attached hydrogens (tertiary/aromatic N) is 1. The van der Waals surface area contributed by atoms with Crippen LogP contribution in [0.25, 0.3) is 22.5 Å². The van der Waals surface area contributed by atoms with Crippen molar-refractivity contribution in [1.82, 2.24) is 4.98 Å². The van der Waals surface area contributed by atoms with Crippen LogP contribution in [0.1, 0.15) is 15.9 Å². The Hall–Kier alpha value is -4.40. The summed E-state index contributed by atoms with van der Waals surface area (Å²) in [6.07, 6.45) is -4.71. The van der Waals surface area contributed by atoms with E-state index in [1.807, 2.05) is 12.1 Å². The molecular formula is C27H20F4N2O3. The van der Waals surface area contributed by atoms with Gasteiger partial charge in [-0.1, -0.05) is 18.2 Å². The van der Waals surface area contributed by atoms with Crippen LogP contribution in [0, 0.1) is 5.82 Å². The number of carbonyl (C=O) groups is 1. The zero-order chi connectivity index (χ0) is 25.9. The second-order valence-electron chi connectivity index (χ2n) is 7.70. The summed E-state index contributed by atoms with van der Waals surface area (Å²) in [5.41, 5.74) is 1.25. The molecule has 36 heavy (non-hydrogen) atoms. The van der Waals surface area contributed by atoms with Gasteiger partial charge >= 0.3 is 6.18 Å². The number of anilines is 1. The molecule has 9 heteroatoms. The molecule has 0 fully saturated rings. The standard InChI is InChI=1S/C27H20F4N2O3/c1-35-19-10-12-25(36-2)21(15-19)24-8-4-7-23(33-24)16-5-3-6-18(13-16)32-26(34)20-11-9-17(14-22(20)28)27(29,30)31/h3-15H,1-2H3,(H,32,34). The summed E-state index contributed by atoms with van der Waals surface area (Å²) in [5, 5.41) is 2.52. The van der Waals surface area contributed by atoms with Gasteiger partial charge < -0.3 is 14.8 Å². The van der Waals surface area contributed by atoms with Crippen LogP contribution < -0.4 is 14.8 Å². The number of hydrogen-bond acceptors (Lipinski definition) is 4. The fraction of sp³-hybridized carbons (Fsp3) is 0.111. The molecule has 1 amide bonds. The number of methoxy groups -OCH3 is 2. The summed E-state index contributed by atoms with van der Waals surface area (Å²) >= 11 is 0. The van der Waals surface area contributed by atoms with Crippen molar-refractivity contribution in [2.24, 2.45) is 0 Å². The third-order valence-corrected chi connectivity index (χ3v) is 5.39. The molecule has 0 spiro atoms. The van der Waals surface area contributed by atoms with E-state index in [-0.39, 0.29) is 0 Å². The van der Waals surface area contributed by atoms with Gasteiger partial charge in [0.15, 0.2) is 0 Å². The van der Waals surface area contributed by atoms with E-state index in [4.69, 9.17) is 14.5 Å². The van der Waals surface area contributed by atoms with Crippen LogP contribution in [-0.2, 0) is 6.18 Å². The zero-order valence-corrected chi connectivity index (χ0v) is 19.2. The monoisotopic (exact) mass is 496 g/mol. The summed E-state index contributed by atoms with van der Waals surface area (Å²) in [6.45, 7) is 0. The Balaban J connectivity index is 1.61. The van der Waals surface area contributed by atoms with Crippen molar-refractivity contribution in [2.75, 3.05) is 19.5 Å². The molecule has 0 atom stereocenters. The Morgan fingerprint density at radius 1 is 0.861 bits per heavy atom. The lowest BCUT2D eigenvalue weighted by atomic mass is 10.1. The van der Waals surface area contributed by atoms with E-state index in [9.17, 15) is 22.4 Å². The van der Waals surface area contributed by atoms with E-state index in [0.717, 1.165) is 11.6 Å². The minimum absolute atomic E-state index is 0.299. The van der Waals surface area contributed by atoms with Gasteiger partial charge in [-0.25, -0.2) is 9.37 Å². The van der Waals surface area contributed by atoms with E-state index >= 15 is 0 Å². The molecule has 184 valence electrons. The number of halogens is 4. The highest BCUT2D eigenvalue weighted by molar-refractivity contribution is 6.04. The van der Waals surface area contributed by atoms with E-state index < -0.39 is 29.0 Å². The average molecular weight is 496 g/mol. The number of carbonyl (C=O) groups excluding carboxylic acids is 1. The molecule has 3 aromatic carbocycles. The fourth-order valence-electron chi connectivity index (χ4n) is 3.59. The number of pyridine rings is 1. The predicted molar refractivity (Wildman–Crippen MR) is 128 cm³/mol. The quantitative estimate of drug-likeness (QED) is 0.297. The molecule has 1 N–H and O–H groups in total. The Bertz CT molecular complexity index is 1420. The van der Waals surface area contributed by atoms with Gasteiger partial charge in [0.2, 0.25) is 0 Å². The highest BCUT2D eigenvalue weighted by Crippen LogP contribution is 2.34. The highest BCUT2D eigenvalue weighted by atomic mass is 19.4. The smallest absolute Gasteiger partial charge is 0.416 e. The minimum atomic E-state index is -4.71. The van der Waals surface area contributed by atoms with Gasteiger partial charge in [-0.2, -0.15) is 13.2 Å². The lowest BCUT2D eigenvalue weighted by Gasteiger charge is -2.12. The first-order valence-corrected chi connectivity index (χ1v) is 10.7. The number of amides is 1. The molecular weight excluding hydrogens is 476 g/mol. The molecule has 0 radical (unpaired) electrons. The topological polar surface area (TPSA) is 60.5 Å². The van der Waals surface area contributed by atoms with Crippen molar-refractivity contribution in [1.29, 1.82) is 0 Å². The normalized spacial score (nSPS) is 11.2. The van der Waals surface area contributed by atoms with Gasteiger partial charge in [0.25, 0.3) is 5.91 Å². The summed E-state index contributed by atoms with van der Waals surface area (Å²) in [7, 11) is 3.12. The number of hydrogen-bond donors (Lipinski definition) is 1. The summed E-state index contributed by atoms with van der Waals surface area (Å²) in [6, 6.07) is 19.2. The second-order valence-corrected chi connectivity index (χ2v) is 7.70. The molecule has 0 bridgehead atoms. The lowest BCUT2D eigenvalue weighted by Crippen LogP contribution is -2.15. The summed E-state index contributed by atoms with van der Waals surface area (Å²) in [4.78, 5) is 17.2. The van der Waals surface area contributed by atoms with Gasteiger partial charge in [-0.05, 0) is 60.7 Å². The number of aromatic nitrogens is 1. The lowest BCUT2D eigenvalue weighted by molar-refractivity contribution is -0.137. The third kappa shape index (κ3) is 5.30. The van der Waals surface area contributed by atoms with Crippen LogP contribution in [0.5, 0.6) is 11.5 Å². The molecule has 0 saturated carbocycles. The average Bonchev–Trinajstić information content (AvgIpc) is 2.87. The number of alkyl halides is 3. The summed E-state index contributed by atoms with van der Waals surface area (Å²) < 4.78 is 63.3. The Labute approximate surface area is 204 Å². The Morgan fingerprint density at radius 2 is 1.61 bits per heavy atom. The van der Waals surface area contributed by atoms with E-state index in [0.29, 0.717) is 46.3 Å². The molecule has 4 rings (SSSR count). The van der Waals surface area contributed by atoms with Gasteiger partial charge in [0.05, 0.1) is 36.7 Å². The Kier molecular flexibility index (Phi) is 6.91. The van der Waals surface area contributed by atoms with Crippen molar-refractivity contribution in [3.8, 4) is 34.0 Å². The van der Waals surface area contributed by atoms with Gasteiger partial charge in [-0.15, -0.1) is 0 Å². The van der Waals surface area contributed by atoms with Crippen LogP contribution in [0.4, 0.5) is 23.2 Å². The van der Waals surface area contributed by atoms with Gasteiger partial charge in [-0.3, -0.25) is 4.79 Å². The molecule has 0 aliphatic carbocycles. The van der Waals surface area contributed by atoms with Crippen LogP contribution >= 0.6 is 0 Å². The maximum absolute atomic E-state index is 14.2. The largest absolute Gasteiger partial charge is 0.497 e. The first kappa shape index (κ1) is 24.7. The van der Waals surface area contributed by atoms with Crippen LogP contribution in [0.15, 0.2) is 78.9 Å². The van der Waals surface area contributed by atoms with Crippen molar-refractivity contribution < 1.29 is 31.8 Å². The second kappa shape index (κ2) is 10.1. The number of ether oxygens (including phenoxy) is 2.